The van der Waals surface area contributed by atoms with Gasteiger partial charge in [-0.1, -0.05) is 18.2 Å². The minimum atomic E-state index is 0.0644. The van der Waals surface area contributed by atoms with Crippen LogP contribution in [-0.2, 0) is 13.0 Å². The maximum atomic E-state index is 13.2. The molecule has 1 amide bonds. The van der Waals surface area contributed by atoms with Crippen LogP contribution in [0.25, 0.3) is 0 Å². The number of hydrogen-bond donors (Lipinski definition) is 0. The van der Waals surface area contributed by atoms with Crippen molar-refractivity contribution in [3.63, 3.8) is 0 Å². The number of carbonyl (C=O) groups excluding carboxylic acids is 1. The molecule has 1 aliphatic rings. The standard InChI is InChI=1S/C23H24N2O3S/c1-27-21-8-2-5-17(12-21)11-20-7-4-10-25(20)23(26)18-6-3-9-22(13-18)28-14-19-15-29-16-24-19/h2-3,5-6,8-9,12-13,15-16,20H,4,7,10-11,14H2,1H3. The summed E-state index contributed by atoms with van der Waals surface area (Å²) in [4.78, 5) is 19.4. The molecule has 0 bridgehead atoms. The van der Waals surface area contributed by atoms with Crippen molar-refractivity contribution in [1.29, 1.82) is 0 Å². The Morgan fingerprint density at radius 1 is 1.21 bits per heavy atom. The van der Waals surface area contributed by atoms with E-state index in [9.17, 15) is 4.79 Å². The Kier molecular flexibility index (Phi) is 6.10. The van der Waals surface area contributed by atoms with Crippen molar-refractivity contribution < 1.29 is 14.3 Å². The predicted molar refractivity (Wildman–Crippen MR) is 114 cm³/mol. The summed E-state index contributed by atoms with van der Waals surface area (Å²) in [5, 5.41) is 1.96. The van der Waals surface area contributed by atoms with Crippen LogP contribution >= 0.6 is 11.3 Å². The third-order valence-corrected chi connectivity index (χ3v) is 5.83. The monoisotopic (exact) mass is 408 g/mol. The number of carbonyl (C=O) groups is 1. The quantitative estimate of drug-likeness (QED) is 0.574. The minimum absolute atomic E-state index is 0.0644. The van der Waals surface area contributed by atoms with Crippen LogP contribution in [0.4, 0.5) is 0 Å². The molecule has 0 aliphatic carbocycles. The molecule has 2 aromatic carbocycles. The van der Waals surface area contributed by atoms with E-state index in [4.69, 9.17) is 9.47 Å². The Morgan fingerprint density at radius 3 is 2.90 bits per heavy atom. The van der Waals surface area contributed by atoms with Gasteiger partial charge in [0.1, 0.15) is 18.1 Å². The van der Waals surface area contributed by atoms with E-state index in [2.05, 4.69) is 11.1 Å². The van der Waals surface area contributed by atoms with Crippen molar-refractivity contribution in [1.82, 2.24) is 9.88 Å². The maximum absolute atomic E-state index is 13.2. The molecule has 3 aromatic rings. The summed E-state index contributed by atoms with van der Waals surface area (Å²) in [6, 6.07) is 15.7. The molecule has 6 heteroatoms. The summed E-state index contributed by atoms with van der Waals surface area (Å²) in [6.07, 6.45) is 2.88. The minimum Gasteiger partial charge on any atom is -0.497 e. The normalized spacial score (nSPS) is 16.0. The van der Waals surface area contributed by atoms with Crippen molar-refractivity contribution >= 4 is 17.2 Å². The van der Waals surface area contributed by atoms with E-state index in [0.717, 1.165) is 37.3 Å². The molecule has 29 heavy (non-hydrogen) atoms. The fourth-order valence-corrected chi connectivity index (χ4v) is 4.28. The van der Waals surface area contributed by atoms with E-state index in [1.54, 1.807) is 24.0 Å². The summed E-state index contributed by atoms with van der Waals surface area (Å²) in [7, 11) is 1.67. The highest BCUT2D eigenvalue weighted by Gasteiger charge is 2.29. The molecule has 4 rings (SSSR count). The van der Waals surface area contributed by atoms with Gasteiger partial charge in [0.15, 0.2) is 0 Å². The number of hydrogen-bond acceptors (Lipinski definition) is 5. The number of amides is 1. The SMILES string of the molecule is COc1cccc(CC2CCCN2C(=O)c2cccc(OCc3cscn3)c2)c1. The fraction of sp³-hybridized carbons (Fsp3) is 0.304. The van der Waals surface area contributed by atoms with E-state index < -0.39 is 0 Å². The Labute approximate surface area is 174 Å². The first-order valence-electron chi connectivity index (χ1n) is 9.77. The number of ether oxygens (including phenoxy) is 2. The number of benzene rings is 2. The Morgan fingerprint density at radius 2 is 2.07 bits per heavy atom. The van der Waals surface area contributed by atoms with Gasteiger partial charge in [-0.05, 0) is 55.2 Å². The van der Waals surface area contributed by atoms with Crippen molar-refractivity contribution in [2.24, 2.45) is 0 Å². The molecule has 0 spiro atoms. The molecule has 1 unspecified atom stereocenters. The molecule has 0 saturated carbocycles. The van der Waals surface area contributed by atoms with Gasteiger partial charge in [0.25, 0.3) is 5.91 Å². The zero-order valence-electron chi connectivity index (χ0n) is 16.4. The first kappa shape index (κ1) is 19.5. The molecule has 1 atom stereocenters. The first-order valence-corrected chi connectivity index (χ1v) is 10.7. The summed E-state index contributed by atoms with van der Waals surface area (Å²) in [5.74, 6) is 1.60. The molecule has 2 heterocycles. The molecule has 150 valence electrons. The topological polar surface area (TPSA) is 51.7 Å². The summed E-state index contributed by atoms with van der Waals surface area (Å²) < 4.78 is 11.1. The molecule has 1 saturated heterocycles. The second kappa shape index (κ2) is 9.09. The third-order valence-electron chi connectivity index (χ3n) is 5.19. The van der Waals surface area contributed by atoms with Gasteiger partial charge in [-0.2, -0.15) is 0 Å². The number of nitrogens with zero attached hydrogens (tertiary/aromatic N) is 2. The molecule has 1 fully saturated rings. The number of likely N-dealkylation sites (tertiary alicyclic amines) is 1. The molecule has 0 radical (unpaired) electrons. The van der Waals surface area contributed by atoms with E-state index in [1.807, 2.05) is 52.7 Å². The van der Waals surface area contributed by atoms with Crippen LogP contribution < -0.4 is 9.47 Å². The lowest BCUT2D eigenvalue weighted by atomic mass is 10.0. The van der Waals surface area contributed by atoms with Gasteiger partial charge < -0.3 is 14.4 Å². The van der Waals surface area contributed by atoms with Crippen LogP contribution in [0, 0.1) is 0 Å². The average Bonchev–Trinajstić information content (AvgIpc) is 3.44. The lowest BCUT2D eigenvalue weighted by Gasteiger charge is -2.25. The zero-order chi connectivity index (χ0) is 20.1. The zero-order valence-corrected chi connectivity index (χ0v) is 17.2. The van der Waals surface area contributed by atoms with Crippen molar-refractivity contribution in [3.8, 4) is 11.5 Å². The van der Waals surface area contributed by atoms with Crippen LogP contribution in [0.15, 0.2) is 59.4 Å². The van der Waals surface area contributed by atoms with Gasteiger partial charge in [0.05, 0.1) is 18.3 Å². The number of methoxy groups -OCH3 is 1. The molecule has 1 aromatic heterocycles. The molecule has 1 aliphatic heterocycles. The van der Waals surface area contributed by atoms with E-state index >= 15 is 0 Å². The molecular formula is C23H24N2O3S. The molecule has 5 nitrogen and oxygen atoms in total. The lowest BCUT2D eigenvalue weighted by molar-refractivity contribution is 0.0736. The Hall–Kier alpha value is -2.86. The van der Waals surface area contributed by atoms with Gasteiger partial charge in [-0.3, -0.25) is 4.79 Å². The van der Waals surface area contributed by atoms with Crippen molar-refractivity contribution in [2.75, 3.05) is 13.7 Å². The third kappa shape index (κ3) is 4.77. The molecular weight excluding hydrogens is 384 g/mol. The fourth-order valence-electron chi connectivity index (χ4n) is 3.74. The van der Waals surface area contributed by atoms with Gasteiger partial charge in [0.2, 0.25) is 0 Å². The smallest absolute Gasteiger partial charge is 0.254 e. The Balaban J connectivity index is 1.44. The van der Waals surface area contributed by atoms with E-state index in [0.29, 0.717) is 17.9 Å². The van der Waals surface area contributed by atoms with Crippen LogP contribution in [0.2, 0.25) is 0 Å². The van der Waals surface area contributed by atoms with Crippen LogP contribution in [0.1, 0.15) is 34.5 Å². The second-order valence-electron chi connectivity index (χ2n) is 7.15. The van der Waals surface area contributed by atoms with E-state index in [-0.39, 0.29) is 11.9 Å². The summed E-state index contributed by atoms with van der Waals surface area (Å²) >= 11 is 1.54. The van der Waals surface area contributed by atoms with Gasteiger partial charge in [-0.25, -0.2) is 4.98 Å². The Bertz CT molecular complexity index is 958. The van der Waals surface area contributed by atoms with Crippen molar-refractivity contribution in [2.45, 2.75) is 31.9 Å². The lowest BCUT2D eigenvalue weighted by Crippen LogP contribution is -2.36. The van der Waals surface area contributed by atoms with Gasteiger partial charge in [-0.15, -0.1) is 11.3 Å². The van der Waals surface area contributed by atoms with Crippen LogP contribution in [0.5, 0.6) is 11.5 Å². The highest BCUT2D eigenvalue weighted by molar-refractivity contribution is 7.07. The average molecular weight is 409 g/mol. The van der Waals surface area contributed by atoms with Crippen LogP contribution in [-0.4, -0.2) is 35.5 Å². The second-order valence-corrected chi connectivity index (χ2v) is 7.87. The van der Waals surface area contributed by atoms with E-state index in [1.165, 1.54) is 5.56 Å². The maximum Gasteiger partial charge on any atom is 0.254 e. The highest BCUT2D eigenvalue weighted by Crippen LogP contribution is 2.26. The number of thiazole rings is 1. The first-order chi connectivity index (χ1) is 14.2. The highest BCUT2D eigenvalue weighted by atomic mass is 32.1. The predicted octanol–water partition coefficient (Wildman–Crippen LogP) is 4.58. The van der Waals surface area contributed by atoms with Crippen molar-refractivity contribution in [3.05, 3.63) is 76.2 Å². The summed E-state index contributed by atoms with van der Waals surface area (Å²) in [5.41, 5.74) is 4.53. The largest absolute Gasteiger partial charge is 0.497 e. The van der Waals surface area contributed by atoms with Gasteiger partial charge in [0, 0.05) is 23.5 Å². The van der Waals surface area contributed by atoms with Gasteiger partial charge >= 0.3 is 0 Å². The molecule has 0 N–H and O–H groups in total. The summed E-state index contributed by atoms with van der Waals surface area (Å²) in [6.45, 7) is 1.20. The number of rotatable bonds is 7. The van der Waals surface area contributed by atoms with Crippen LogP contribution in [0.3, 0.4) is 0 Å². The number of aromatic nitrogens is 1.